The molecule has 0 fully saturated rings. The number of ether oxygens (including phenoxy) is 1. The number of carbonyl (C=O) groups is 1. The SMILES string of the molecule is CCOC(=O)NS(=O)(=O)Nc1ccc(F)c(CN)c1. The molecule has 9 heteroatoms. The number of nitrogens with one attached hydrogen (secondary N) is 2. The molecule has 1 aromatic carbocycles. The first-order chi connectivity index (χ1) is 8.88. The fraction of sp³-hybridized carbons (Fsp3) is 0.300. The van der Waals surface area contributed by atoms with Gasteiger partial charge in [0.1, 0.15) is 5.82 Å². The molecule has 0 aromatic heterocycles. The van der Waals surface area contributed by atoms with Crippen LogP contribution in [0.3, 0.4) is 0 Å². The lowest BCUT2D eigenvalue weighted by atomic mass is 10.2. The monoisotopic (exact) mass is 291 g/mol. The average Bonchev–Trinajstić information content (AvgIpc) is 2.30. The van der Waals surface area contributed by atoms with Crippen molar-refractivity contribution in [2.45, 2.75) is 13.5 Å². The molecule has 0 bridgehead atoms. The molecule has 4 N–H and O–H groups in total. The summed E-state index contributed by atoms with van der Waals surface area (Å²) < 4.78 is 44.3. The van der Waals surface area contributed by atoms with Crippen molar-refractivity contribution < 1.29 is 22.3 Å². The van der Waals surface area contributed by atoms with E-state index in [2.05, 4.69) is 4.74 Å². The predicted molar refractivity (Wildman–Crippen MR) is 67.0 cm³/mol. The highest BCUT2D eigenvalue weighted by atomic mass is 32.2. The lowest BCUT2D eigenvalue weighted by Crippen LogP contribution is -2.35. The lowest BCUT2D eigenvalue weighted by molar-refractivity contribution is 0.159. The number of halogens is 1. The number of hydrogen-bond donors (Lipinski definition) is 3. The molecule has 0 atom stereocenters. The molecule has 0 radical (unpaired) electrons. The summed E-state index contributed by atoms with van der Waals surface area (Å²) in [6.07, 6.45) is -1.10. The molecule has 0 unspecified atom stereocenters. The zero-order valence-corrected chi connectivity index (χ0v) is 11.0. The van der Waals surface area contributed by atoms with Crippen molar-refractivity contribution in [1.29, 1.82) is 0 Å². The van der Waals surface area contributed by atoms with Gasteiger partial charge in [0.15, 0.2) is 0 Å². The normalized spacial score (nSPS) is 10.9. The third-order valence-corrected chi connectivity index (χ3v) is 2.95. The van der Waals surface area contributed by atoms with E-state index in [-0.39, 0.29) is 24.4 Å². The zero-order chi connectivity index (χ0) is 14.5. The molecule has 1 amide bonds. The van der Waals surface area contributed by atoms with Crippen LogP contribution in [0.25, 0.3) is 0 Å². The molecule has 0 spiro atoms. The minimum absolute atomic E-state index is 0.0369. The van der Waals surface area contributed by atoms with Crippen LogP contribution >= 0.6 is 0 Å². The van der Waals surface area contributed by atoms with Gasteiger partial charge < -0.3 is 10.5 Å². The second kappa shape index (κ2) is 6.34. The Hall–Kier alpha value is -1.87. The third-order valence-electron chi connectivity index (χ3n) is 2.01. The number of nitrogens with two attached hydrogens (primary N) is 1. The predicted octanol–water partition coefficient (Wildman–Crippen LogP) is 0.687. The third kappa shape index (κ3) is 4.72. The molecule has 106 valence electrons. The molecule has 0 aliphatic heterocycles. The van der Waals surface area contributed by atoms with Crippen LogP contribution in [0.15, 0.2) is 18.2 Å². The Balaban J connectivity index is 2.81. The lowest BCUT2D eigenvalue weighted by Gasteiger charge is -2.10. The maximum Gasteiger partial charge on any atom is 0.422 e. The highest BCUT2D eigenvalue weighted by molar-refractivity contribution is 7.91. The Kier molecular flexibility index (Phi) is 5.07. The van der Waals surface area contributed by atoms with Crippen molar-refractivity contribution in [3.05, 3.63) is 29.6 Å². The standard InChI is InChI=1S/C10H14FN3O4S/c1-2-18-10(15)14-19(16,17)13-8-3-4-9(11)7(5-8)6-12/h3-5,13H,2,6,12H2,1H3,(H,14,15). The number of benzene rings is 1. The van der Waals surface area contributed by atoms with Gasteiger partial charge in [-0.15, -0.1) is 0 Å². The summed E-state index contributed by atoms with van der Waals surface area (Å²) in [6.45, 7) is 1.50. The smallest absolute Gasteiger partial charge is 0.422 e. The molecule has 1 aromatic rings. The first-order valence-corrected chi connectivity index (χ1v) is 6.82. The summed E-state index contributed by atoms with van der Waals surface area (Å²) in [7, 11) is -4.13. The van der Waals surface area contributed by atoms with E-state index < -0.39 is 22.1 Å². The molecule has 0 aliphatic carbocycles. The van der Waals surface area contributed by atoms with Crippen LogP contribution in [0.4, 0.5) is 14.9 Å². The summed E-state index contributed by atoms with van der Waals surface area (Å²) in [5, 5.41) is 0. The van der Waals surface area contributed by atoms with E-state index in [1.807, 2.05) is 4.72 Å². The minimum atomic E-state index is -4.13. The number of anilines is 1. The zero-order valence-electron chi connectivity index (χ0n) is 10.1. The topological polar surface area (TPSA) is 111 Å². The van der Waals surface area contributed by atoms with Gasteiger partial charge in [0.2, 0.25) is 0 Å². The van der Waals surface area contributed by atoms with Gasteiger partial charge in [-0.25, -0.2) is 13.9 Å². The quantitative estimate of drug-likeness (QED) is 0.739. The van der Waals surface area contributed by atoms with Gasteiger partial charge >= 0.3 is 16.3 Å². The van der Waals surface area contributed by atoms with Crippen molar-refractivity contribution in [2.24, 2.45) is 5.73 Å². The van der Waals surface area contributed by atoms with E-state index in [9.17, 15) is 17.6 Å². The molecule has 7 nitrogen and oxygen atoms in total. The summed E-state index contributed by atoms with van der Waals surface area (Å²) in [5.41, 5.74) is 5.53. The highest BCUT2D eigenvalue weighted by Crippen LogP contribution is 2.15. The van der Waals surface area contributed by atoms with Gasteiger partial charge in [-0.2, -0.15) is 8.42 Å². The maximum atomic E-state index is 13.2. The minimum Gasteiger partial charge on any atom is -0.449 e. The number of hydrogen-bond acceptors (Lipinski definition) is 5. The van der Waals surface area contributed by atoms with Crippen LogP contribution in [-0.2, 0) is 21.5 Å². The van der Waals surface area contributed by atoms with E-state index in [1.165, 1.54) is 19.1 Å². The van der Waals surface area contributed by atoms with E-state index in [0.29, 0.717) is 0 Å². The summed E-state index contributed by atoms with van der Waals surface area (Å²) in [6, 6.07) is 3.52. The second-order valence-electron chi connectivity index (χ2n) is 3.44. The van der Waals surface area contributed by atoms with E-state index in [1.54, 1.807) is 4.72 Å². The van der Waals surface area contributed by atoms with Crippen molar-refractivity contribution >= 4 is 22.0 Å². The van der Waals surface area contributed by atoms with Crippen molar-refractivity contribution in [2.75, 3.05) is 11.3 Å². The number of amides is 1. The average molecular weight is 291 g/mol. The fourth-order valence-electron chi connectivity index (χ4n) is 1.25. The van der Waals surface area contributed by atoms with Gasteiger partial charge in [-0.3, -0.25) is 4.72 Å². The molecule has 1 rings (SSSR count). The molecule has 0 saturated carbocycles. The maximum absolute atomic E-state index is 13.2. The Morgan fingerprint density at radius 3 is 2.74 bits per heavy atom. The molecular weight excluding hydrogens is 277 g/mol. The van der Waals surface area contributed by atoms with E-state index in [0.717, 1.165) is 6.07 Å². The largest absolute Gasteiger partial charge is 0.449 e. The van der Waals surface area contributed by atoms with Crippen LogP contribution in [0, 0.1) is 5.82 Å². The highest BCUT2D eigenvalue weighted by Gasteiger charge is 2.15. The summed E-state index contributed by atoms with van der Waals surface area (Å²) in [5.74, 6) is -0.538. The first-order valence-electron chi connectivity index (χ1n) is 5.33. The van der Waals surface area contributed by atoms with Gasteiger partial charge in [0.05, 0.1) is 12.3 Å². The molecule has 0 heterocycles. The van der Waals surface area contributed by atoms with E-state index >= 15 is 0 Å². The van der Waals surface area contributed by atoms with Gasteiger partial charge in [-0.05, 0) is 25.1 Å². The van der Waals surface area contributed by atoms with Gasteiger partial charge in [-0.1, -0.05) is 0 Å². The number of carbonyl (C=O) groups excluding carboxylic acids is 1. The Labute approximate surface area is 110 Å². The second-order valence-corrected chi connectivity index (χ2v) is 4.85. The molecular formula is C10H14FN3O4S. The van der Waals surface area contributed by atoms with Gasteiger partial charge in [0, 0.05) is 12.1 Å². The van der Waals surface area contributed by atoms with E-state index in [4.69, 9.17) is 5.73 Å². The van der Waals surface area contributed by atoms with Crippen molar-refractivity contribution in [1.82, 2.24) is 4.72 Å². The van der Waals surface area contributed by atoms with Crippen LogP contribution < -0.4 is 15.2 Å². The molecule has 19 heavy (non-hydrogen) atoms. The fourth-order valence-corrected chi connectivity index (χ4v) is 2.01. The first kappa shape index (κ1) is 15.2. The summed E-state index contributed by atoms with van der Waals surface area (Å²) >= 11 is 0. The van der Waals surface area contributed by atoms with Crippen LogP contribution in [0.2, 0.25) is 0 Å². The molecule has 0 aliphatic rings. The van der Waals surface area contributed by atoms with Crippen LogP contribution in [0.5, 0.6) is 0 Å². The van der Waals surface area contributed by atoms with Crippen molar-refractivity contribution in [3.8, 4) is 0 Å². The van der Waals surface area contributed by atoms with Crippen LogP contribution in [0.1, 0.15) is 12.5 Å². The Morgan fingerprint density at radius 2 is 2.16 bits per heavy atom. The Morgan fingerprint density at radius 1 is 1.47 bits per heavy atom. The van der Waals surface area contributed by atoms with Gasteiger partial charge in [0.25, 0.3) is 0 Å². The van der Waals surface area contributed by atoms with Crippen molar-refractivity contribution in [3.63, 3.8) is 0 Å². The molecule has 0 saturated heterocycles. The number of rotatable bonds is 5. The Bertz CT molecular complexity index is 562. The van der Waals surface area contributed by atoms with Crippen LogP contribution in [-0.4, -0.2) is 21.1 Å². The summed E-state index contributed by atoms with van der Waals surface area (Å²) in [4.78, 5) is 11.0.